The van der Waals surface area contributed by atoms with Crippen molar-refractivity contribution in [1.29, 1.82) is 5.26 Å². The Balaban J connectivity index is 2.72. The minimum atomic E-state index is -4.45. The zero-order valence-corrected chi connectivity index (χ0v) is 18.0. The van der Waals surface area contributed by atoms with Crippen LogP contribution >= 0.6 is 11.6 Å². The molecule has 32 heavy (non-hydrogen) atoms. The van der Waals surface area contributed by atoms with Crippen molar-refractivity contribution in [2.24, 2.45) is 0 Å². The first-order valence-electron chi connectivity index (χ1n) is 8.93. The van der Waals surface area contributed by atoms with Gasteiger partial charge >= 0.3 is 5.97 Å². The average molecular weight is 493 g/mol. The van der Waals surface area contributed by atoms with Crippen molar-refractivity contribution in [3.8, 4) is 17.3 Å². The number of nitriles is 1. The highest BCUT2D eigenvalue weighted by atomic mass is 35.5. The van der Waals surface area contributed by atoms with E-state index in [9.17, 15) is 31.6 Å². The fourth-order valence-corrected chi connectivity index (χ4v) is 4.05. The van der Waals surface area contributed by atoms with Crippen LogP contribution in [0.25, 0.3) is 11.3 Å². The quantitative estimate of drug-likeness (QED) is 0.496. The molecule has 172 valence electrons. The molecule has 0 aliphatic heterocycles. The summed E-state index contributed by atoms with van der Waals surface area (Å²) in [5, 5.41) is 17.6. The Morgan fingerprint density at radius 2 is 2.06 bits per heavy atom. The molecule has 2 aromatic rings. The fourth-order valence-electron chi connectivity index (χ4n) is 2.48. The lowest BCUT2D eigenvalue weighted by Crippen LogP contribution is -2.35. The van der Waals surface area contributed by atoms with E-state index in [1.54, 1.807) is 13.0 Å². The molecule has 0 radical (unpaired) electrons. The second-order valence-electron chi connectivity index (χ2n) is 6.20. The number of halogens is 4. The van der Waals surface area contributed by atoms with Crippen LogP contribution in [-0.2, 0) is 19.7 Å². The summed E-state index contributed by atoms with van der Waals surface area (Å²) in [6, 6.07) is 3.14. The summed E-state index contributed by atoms with van der Waals surface area (Å²) in [6.45, 7) is 1.52. The van der Waals surface area contributed by atoms with E-state index < -0.39 is 73.6 Å². The third kappa shape index (κ3) is 5.64. The average Bonchev–Trinajstić information content (AvgIpc) is 2.73. The maximum Gasteiger partial charge on any atom is 0.304 e. The Bertz CT molecular complexity index is 1160. The monoisotopic (exact) mass is 492 g/mol. The number of nitrogens with zero attached hydrogens (tertiary/aromatic N) is 4. The molecule has 0 amide bonds. The van der Waals surface area contributed by atoms with Crippen molar-refractivity contribution in [3.05, 3.63) is 40.6 Å². The van der Waals surface area contributed by atoms with Gasteiger partial charge < -0.3 is 5.11 Å². The summed E-state index contributed by atoms with van der Waals surface area (Å²) in [5.74, 6) is -3.37. The molecule has 1 aromatic carbocycles. The number of aromatic nitrogens is 2. The van der Waals surface area contributed by atoms with Gasteiger partial charge in [0.1, 0.15) is 29.6 Å². The van der Waals surface area contributed by atoms with E-state index in [0.717, 1.165) is 12.4 Å². The molecule has 14 heteroatoms. The van der Waals surface area contributed by atoms with Gasteiger partial charge in [0.2, 0.25) is 0 Å². The number of anilines is 1. The van der Waals surface area contributed by atoms with Gasteiger partial charge in [0.05, 0.1) is 35.1 Å². The molecule has 0 saturated carbocycles. The standard InChI is InChI=1S/C18H16ClF3N4O5S/c1-2-4-31-26(32(29,30)5-3-14(27)28)13-7-11(12(20)6-10(13)8-23)16-15(19)17(18(21)22)25-9-24-16/h6-7,9,18H,2-5H2,1H3,(H,27,28). The lowest BCUT2D eigenvalue weighted by atomic mass is 10.1. The Hall–Kier alpha value is -2.95. The molecule has 1 heterocycles. The second kappa shape index (κ2) is 10.6. The molecular weight excluding hydrogens is 477 g/mol. The number of hydrogen-bond acceptors (Lipinski definition) is 7. The first kappa shape index (κ1) is 25.3. The third-order valence-electron chi connectivity index (χ3n) is 3.92. The second-order valence-corrected chi connectivity index (χ2v) is 8.48. The van der Waals surface area contributed by atoms with Crippen molar-refractivity contribution in [3.63, 3.8) is 0 Å². The number of carboxylic acids is 1. The zero-order chi connectivity index (χ0) is 24.1. The van der Waals surface area contributed by atoms with Gasteiger partial charge in [0.15, 0.2) is 0 Å². The summed E-state index contributed by atoms with van der Waals surface area (Å²) in [7, 11) is -4.45. The topological polar surface area (TPSA) is 133 Å². The lowest BCUT2D eigenvalue weighted by Gasteiger charge is -2.24. The van der Waals surface area contributed by atoms with E-state index in [-0.39, 0.29) is 6.61 Å². The predicted molar refractivity (Wildman–Crippen MR) is 107 cm³/mol. The fraction of sp³-hybridized carbons (Fsp3) is 0.333. The first-order valence-corrected chi connectivity index (χ1v) is 10.9. The van der Waals surface area contributed by atoms with Crippen LogP contribution in [0.15, 0.2) is 18.5 Å². The van der Waals surface area contributed by atoms with Crippen LogP contribution in [0.2, 0.25) is 5.02 Å². The summed E-state index contributed by atoms with van der Waals surface area (Å²) >= 11 is 5.91. The molecule has 1 aromatic heterocycles. The molecule has 0 bridgehead atoms. The van der Waals surface area contributed by atoms with Gasteiger partial charge in [-0.3, -0.25) is 9.63 Å². The van der Waals surface area contributed by atoms with Gasteiger partial charge in [-0.05, 0) is 18.6 Å². The predicted octanol–water partition coefficient (Wildman–Crippen LogP) is 3.70. The van der Waals surface area contributed by atoms with Crippen LogP contribution in [0.5, 0.6) is 0 Å². The van der Waals surface area contributed by atoms with Gasteiger partial charge in [-0.15, -0.1) is 4.47 Å². The van der Waals surface area contributed by atoms with E-state index in [4.69, 9.17) is 21.5 Å². The van der Waals surface area contributed by atoms with Crippen LogP contribution in [0.1, 0.15) is 37.4 Å². The smallest absolute Gasteiger partial charge is 0.304 e. The van der Waals surface area contributed by atoms with Crippen LogP contribution in [0, 0.1) is 17.1 Å². The molecular formula is C18H16ClF3N4O5S. The highest BCUT2D eigenvalue weighted by Crippen LogP contribution is 2.37. The maximum atomic E-state index is 14.7. The number of benzene rings is 1. The minimum Gasteiger partial charge on any atom is -0.481 e. The van der Waals surface area contributed by atoms with Crippen LogP contribution < -0.4 is 4.47 Å². The molecule has 0 fully saturated rings. The Labute approximate surface area is 186 Å². The van der Waals surface area contributed by atoms with Gasteiger partial charge in [0.25, 0.3) is 16.4 Å². The number of alkyl halides is 2. The van der Waals surface area contributed by atoms with E-state index in [1.165, 1.54) is 0 Å². The van der Waals surface area contributed by atoms with Crippen molar-refractivity contribution in [2.75, 3.05) is 16.8 Å². The summed E-state index contributed by atoms with van der Waals surface area (Å²) in [5.41, 5.74) is -2.75. The molecule has 0 unspecified atom stereocenters. The van der Waals surface area contributed by atoms with Gasteiger partial charge in [-0.2, -0.15) is 5.26 Å². The first-order chi connectivity index (χ1) is 15.0. The summed E-state index contributed by atoms with van der Waals surface area (Å²) in [4.78, 5) is 23.1. The molecule has 1 N–H and O–H groups in total. The van der Waals surface area contributed by atoms with Crippen molar-refractivity contribution in [2.45, 2.75) is 26.2 Å². The number of sulfonamides is 1. The van der Waals surface area contributed by atoms with Crippen LogP contribution in [0.3, 0.4) is 0 Å². The van der Waals surface area contributed by atoms with Crippen molar-refractivity contribution in [1.82, 2.24) is 9.97 Å². The molecule has 0 spiro atoms. The van der Waals surface area contributed by atoms with Crippen molar-refractivity contribution < 1.29 is 36.3 Å². The van der Waals surface area contributed by atoms with Crippen LogP contribution in [0.4, 0.5) is 18.9 Å². The molecule has 2 rings (SSSR count). The van der Waals surface area contributed by atoms with E-state index in [2.05, 4.69) is 9.97 Å². The number of carbonyl (C=O) groups is 1. The highest BCUT2D eigenvalue weighted by molar-refractivity contribution is 7.92. The Morgan fingerprint density at radius 3 is 2.62 bits per heavy atom. The molecule has 9 nitrogen and oxygen atoms in total. The maximum absolute atomic E-state index is 14.7. The summed E-state index contributed by atoms with van der Waals surface area (Å²) in [6.07, 6.45) is -2.78. The number of rotatable bonds is 10. The number of hydrogen-bond donors (Lipinski definition) is 1. The van der Waals surface area contributed by atoms with Gasteiger partial charge in [-0.25, -0.2) is 31.6 Å². The van der Waals surface area contributed by atoms with E-state index in [0.29, 0.717) is 17.0 Å². The molecule has 0 aliphatic carbocycles. The van der Waals surface area contributed by atoms with E-state index in [1.807, 2.05) is 0 Å². The molecule has 0 saturated heterocycles. The Kier molecular flexibility index (Phi) is 8.37. The van der Waals surface area contributed by atoms with Gasteiger partial charge in [-0.1, -0.05) is 18.5 Å². The minimum absolute atomic E-state index is 0.145. The van der Waals surface area contributed by atoms with Crippen LogP contribution in [-0.4, -0.2) is 41.8 Å². The zero-order valence-electron chi connectivity index (χ0n) is 16.4. The van der Waals surface area contributed by atoms with E-state index >= 15 is 0 Å². The lowest BCUT2D eigenvalue weighted by molar-refractivity contribution is -0.136. The highest BCUT2D eigenvalue weighted by Gasteiger charge is 2.29. The van der Waals surface area contributed by atoms with Gasteiger partial charge in [0, 0.05) is 5.56 Å². The number of aliphatic carboxylic acids is 1. The SMILES string of the molecule is CCCON(c1cc(-c2ncnc(C(F)F)c2Cl)c(F)cc1C#N)S(=O)(=O)CCC(=O)O. The largest absolute Gasteiger partial charge is 0.481 e. The number of carboxylic acid groups (broad SMARTS) is 1. The van der Waals surface area contributed by atoms with Crippen molar-refractivity contribution >= 4 is 33.3 Å². The normalized spacial score (nSPS) is 11.4. The Morgan fingerprint density at radius 1 is 1.38 bits per heavy atom. The summed E-state index contributed by atoms with van der Waals surface area (Å²) < 4.78 is 66.8. The third-order valence-corrected chi connectivity index (χ3v) is 5.82. The molecule has 0 atom stereocenters. The molecule has 0 aliphatic rings.